The summed E-state index contributed by atoms with van der Waals surface area (Å²) in [6.07, 6.45) is 0. The Morgan fingerprint density at radius 1 is 1.24 bits per heavy atom. The summed E-state index contributed by atoms with van der Waals surface area (Å²) < 4.78 is 4.91. The Labute approximate surface area is 145 Å². The first-order chi connectivity index (χ1) is 12.0. The molecule has 1 fully saturated rings. The lowest BCUT2D eigenvalue weighted by atomic mass is 10.1. The van der Waals surface area contributed by atoms with E-state index in [2.05, 4.69) is 10.5 Å². The van der Waals surface area contributed by atoms with E-state index >= 15 is 0 Å². The minimum Gasteiger partial charge on any atom is -0.398 e. The molecule has 1 saturated heterocycles. The SMILES string of the molecule is Cc1cc(NC(=O)CN2CCN(C(=O)c3ccccc3N)CC2)no1. The van der Waals surface area contributed by atoms with Gasteiger partial charge in [0.1, 0.15) is 5.76 Å². The number of amides is 2. The van der Waals surface area contributed by atoms with Crippen molar-refractivity contribution < 1.29 is 14.1 Å². The zero-order valence-electron chi connectivity index (χ0n) is 14.1. The minimum absolute atomic E-state index is 0.0692. The third-order valence-corrected chi connectivity index (χ3v) is 4.11. The Hall–Kier alpha value is -2.87. The number of aromatic nitrogens is 1. The van der Waals surface area contributed by atoms with Crippen LogP contribution < -0.4 is 11.1 Å². The van der Waals surface area contributed by atoms with Crippen molar-refractivity contribution in [3.63, 3.8) is 0 Å². The van der Waals surface area contributed by atoms with Crippen molar-refractivity contribution in [2.75, 3.05) is 43.8 Å². The Morgan fingerprint density at radius 3 is 2.60 bits per heavy atom. The number of hydrogen-bond donors (Lipinski definition) is 2. The molecular weight excluding hydrogens is 322 g/mol. The lowest BCUT2D eigenvalue weighted by Crippen LogP contribution is -2.50. The van der Waals surface area contributed by atoms with E-state index in [1.165, 1.54) is 0 Å². The van der Waals surface area contributed by atoms with E-state index in [1.807, 2.05) is 4.90 Å². The quantitative estimate of drug-likeness (QED) is 0.801. The van der Waals surface area contributed by atoms with Crippen LogP contribution in [0.1, 0.15) is 16.1 Å². The van der Waals surface area contributed by atoms with Crippen LogP contribution in [0.3, 0.4) is 0 Å². The van der Waals surface area contributed by atoms with Gasteiger partial charge in [-0.05, 0) is 19.1 Å². The number of aryl methyl sites for hydroxylation is 1. The first-order valence-corrected chi connectivity index (χ1v) is 8.12. The van der Waals surface area contributed by atoms with Crippen molar-refractivity contribution in [3.05, 3.63) is 41.7 Å². The summed E-state index contributed by atoms with van der Waals surface area (Å²) in [7, 11) is 0. The van der Waals surface area contributed by atoms with Crippen LogP contribution in [-0.2, 0) is 4.79 Å². The third-order valence-electron chi connectivity index (χ3n) is 4.11. The Balaban J connectivity index is 1.49. The van der Waals surface area contributed by atoms with Crippen LogP contribution in [0.4, 0.5) is 11.5 Å². The zero-order chi connectivity index (χ0) is 17.8. The summed E-state index contributed by atoms with van der Waals surface area (Å²) in [6.45, 7) is 4.39. The molecule has 0 bridgehead atoms. The van der Waals surface area contributed by atoms with Crippen molar-refractivity contribution in [2.45, 2.75) is 6.92 Å². The van der Waals surface area contributed by atoms with Crippen molar-refractivity contribution >= 4 is 23.3 Å². The van der Waals surface area contributed by atoms with Crippen LogP contribution >= 0.6 is 0 Å². The molecule has 8 nitrogen and oxygen atoms in total. The van der Waals surface area contributed by atoms with Crippen LogP contribution in [0.25, 0.3) is 0 Å². The van der Waals surface area contributed by atoms with Gasteiger partial charge in [0.2, 0.25) is 5.91 Å². The van der Waals surface area contributed by atoms with E-state index in [4.69, 9.17) is 10.3 Å². The number of nitrogens with zero attached hydrogens (tertiary/aromatic N) is 3. The van der Waals surface area contributed by atoms with Crippen molar-refractivity contribution in [1.29, 1.82) is 0 Å². The standard InChI is InChI=1S/C17H21N5O3/c1-12-10-15(20-25-12)19-16(23)11-21-6-8-22(9-7-21)17(24)13-4-2-3-5-14(13)18/h2-5,10H,6-9,11,18H2,1H3,(H,19,20,23). The van der Waals surface area contributed by atoms with E-state index in [0.717, 1.165) is 0 Å². The van der Waals surface area contributed by atoms with Crippen LogP contribution in [0.15, 0.2) is 34.9 Å². The Bertz CT molecular complexity index is 765. The summed E-state index contributed by atoms with van der Waals surface area (Å²) in [5.41, 5.74) is 6.88. The second kappa shape index (κ2) is 7.35. The topological polar surface area (TPSA) is 105 Å². The van der Waals surface area contributed by atoms with Gasteiger partial charge in [-0.1, -0.05) is 17.3 Å². The Morgan fingerprint density at radius 2 is 1.96 bits per heavy atom. The predicted molar refractivity (Wildman–Crippen MR) is 93.1 cm³/mol. The van der Waals surface area contributed by atoms with Gasteiger partial charge in [-0.3, -0.25) is 14.5 Å². The summed E-state index contributed by atoms with van der Waals surface area (Å²) in [6, 6.07) is 8.73. The van der Waals surface area contributed by atoms with Crippen LogP contribution in [0.2, 0.25) is 0 Å². The number of nitrogen functional groups attached to an aromatic ring is 1. The summed E-state index contributed by atoms with van der Waals surface area (Å²) >= 11 is 0. The number of para-hydroxylation sites is 1. The molecule has 0 atom stereocenters. The number of nitrogens with one attached hydrogen (secondary N) is 1. The maximum atomic E-state index is 12.5. The minimum atomic E-state index is -0.152. The highest BCUT2D eigenvalue weighted by Crippen LogP contribution is 2.15. The highest BCUT2D eigenvalue weighted by atomic mass is 16.5. The highest BCUT2D eigenvalue weighted by Gasteiger charge is 2.24. The first kappa shape index (κ1) is 17.0. The van der Waals surface area contributed by atoms with Crippen LogP contribution in [0, 0.1) is 6.92 Å². The number of rotatable bonds is 4. The normalized spacial score (nSPS) is 15.2. The molecule has 0 spiro atoms. The first-order valence-electron chi connectivity index (χ1n) is 8.12. The highest BCUT2D eigenvalue weighted by molar-refractivity contribution is 5.99. The fourth-order valence-electron chi connectivity index (χ4n) is 2.78. The molecule has 2 aromatic rings. The smallest absolute Gasteiger partial charge is 0.256 e. The zero-order valence-corrected chi connectivity index (χ0v) is 14.1. The molecule has 0 aliphatic carbocycles. The lowest BCUT2D eigenvalue weighted by molar-refractivity contribution is -0.117. The largest absolute Gasteiger partial charge is 0.398 e. The molecule has 2 heterocycles. The van der Waals surface area contributed by atoms with Crippen LogP contribution in [0.5, 0.6) is 0 Å². The molecule has 132 valence electrons. The number of carbonyl (C=O) groups excluding carboxylic acids is 2. The third kappa shape index (κ3) is 4.16. The molecule has 8 heteroatoms. The monoisotopic (exact) mass is 343 g/mol. The molecule has 1 aromatic heterocycles. The summed E-state index contributed by atoms with van der Waals surface area (Å²) in [5.74, 6) is 0.833. The molecule has 0 radical (unpaired) electrons. The second-order valence-electron chi connectivity index (χ2n) is 6.03. The molecule has 1 aromatic carbocycles. The maximum Gasteiger partial charge on any atom is 0.256 e. The van der Waals surface area contributed by atoms with Gasteiger partial charge in [0.25, 0.3) is 5.91 Å². The van der Waals surface area contributed by atoms with Crippen molar-refractivity contribution in [3.8, 4) is 0 Å². The molecule has 3 N–H and O–H groups in total. The average Bonchev–Trinajstić information content (AvgIpc) is 3.00. The maximum absolute atomic E-state index is 12.5. The van der Waals surface area contributed by atoms with Gasteiger partial charge in [-0.25, -0.2) is 0 Å². The molecule has 0 saturated carbocycles. The lowest BCUT2D eigenvalue weighted by Gasteiger charge is -2.34. The fraction of sp³-hybridized carbons (Fsp3) is 0.353. The van der Waals surface area contributed by atoms with E-state index < -0.39 is 0 Å². The molecule has 1 aliphatic heterocycles. The van der Waals surface area contributed by atoms with Gasteiger partial charge in [0.15, 0.2) is 5.82 Å². The molecule has 0 unspecified atom stereocenters. The molecule has 1 aliphatic rings. The molecule has 2 amide bonds. The summed E-state index contributed by atoms with van der Waals surface area (Å²) in [5, 5.41) is 6.43. The predicted octanol–water partition coefficient (Wildman–Crippen LogP) is 0.962. The van der Waals surface area contributed by atoms with Gasteiger partial charge < -0.3 is 20.5 Å². The number of piperazine rings is 1. The van der Waals surface area contributed by atoms with Gasteiger partial charge in [-0.2, -0.15) is 0 Å². The number of benzene rings is 1. The van der Waals surface area contributed by atoms with E-state index in [9.17, 15) is 9.59 Å². The van der Waals surface area contributed by atoms with Gasteiger partial charge in [0.05, 0.1) is 12.1 Å². The fourth-order valence-corrected chi connectivity index (χ4v) is 2.78. The molecular formula is C17H21N5O3. The molecule has 3 rings (SSSR count). The van der Waals surface area contributed by atoms with Gasteiger partial charge in [0, 0.05) is 37.9 Å². The van der Waals surface area contributed by atoms with E-state index in [0.29, 0.717) is 49.0 Å². The molecule has 25 heavy (non-hydrogen) atoms. The van der Waals surface area contributed by atoms with E-state index in [1.54, 1.807) is 42.2 Å². The van der Waals surface area contributed by atoms with E-state index in [-0.39, 0.29) is 18.4 Å². The number of anilines is 2. The van der Waals surface area contributed by atoms with Gasteiger partial charge >= 0.3 is 0 Å². The second-order valence-corrected chi connectivity index (χ2v) is 6.03. The van der Waals surface area contributed by atoms with Gasteiger partial charge in [-0.15, -0.1) is 0 Å². The summed E-state index contributed by atoms with van der Waals surface area (Å²) in [4.78, 5) is 28.3. The van der Waals surface area contributed by atoms with Crippen molar-refractivity contribution in [1.82, 2.24) is 15.0 Å². The Kier molecular flexibility index (Phi) is 4.99. The van der Waals surface area contributed by atoms with Crippen molar-refractivity contribution in [2.24, 2.45) is 0 Å². The number of hydrogen-bond acceptors (Lipinski definition) is 6. The average molecular weight is 343 g/mol. The van der Waals surface area contributed by atoms with Crippen LogP contribution in [-0.4, -0.2) is 59.5 Å². The number of carbonyl (C=O) groups is 2. The number of nitrogens with two attached hydrogens (primary N) is 1.